The Kier molecular flexibility index (Phi) is 4.89. The maximum absolute atomic E-state index is 12.5. The van der Waals surface area contributed by atoms with Crippen LogP contribution in [0.15, 0.2) is 18.2 Å². The van der Waals surface area contributed by atoms with Gasteiger partial charge in [-0.3, -0.25) is 9.59 Å². The van der Waals surface area contributed by atoms with Gasteiger partial charge in [-0.05, 0) is 19.1 Å². The van der Waals surface area contributed by atoms with Crippen molar-refractivity contribution in [2.45, 2.75) is 25.8 Å². The largest absolute Gasteiger partial charge is 0.486 e. The van der Waals surface area contributed by atoms with E-state index < -0.39 is 0 Å². The van der Waals surface area contributed by atoms with E-state index in [1.54, 1.807) is 12.1 Å². The van der Waals surface area contributed by atoms with Crippen LogP contribution >= 0.6 is 0 Å². The van der Waals surface area contributed by atoms with Crippen LogP contribution in [0.1, 0.15) is 19.8 Å². The van der Waals surface area contributed by atoms with Crippen molar-refractivity contribution in [1.82, 2.24) is 0 Å². The molecule has 2 amide bonds. The minimum Gasteiger partial charge on any atom is -0.486 e. The summed E-state index contributed by atoms with van der Waals surface area (Å²) in [7, 11) is 0. The smallest absolute Gasteiger partial charge is 0.282 e. The molecular weight excluding hydrogens is 310 g/mol. The lowest BCUT2D eigenvalue weighted by molar-refractivity contribution is -0.919. The van der Waals surface area contributed by atoms with Crippen molar-refractivity contribution in [3.05, 3.63) is 18.2 Å². The Balaban J connectivity index is 1.57. The van der Waals surface area contributed by atoms with Crippen LogP contribution in [0.2, 0.25) is 0 Å². The zero-order valence-corrected chi connectivity index (χ0v) is 13.8. The molecule has 1 fully saturated rings. The molecule has 3 rings (SSSR count). The van der Waals surface area contributed by atoms with Crippen LogP contribution in [-0.2, 0) is 9.59 Å². The number of nitrogens with two attached hydrogens (primary N) is 1. The fraction of sp³-hybridized carbons (Fsp3) is 0.529. The number of anilines is 1. The van der Waals surface area contributed by atoms with Gasteiger partial charge in [0.1, 0.15) is 13.2 Å². The zero-order chi connectivity index (χ0) is 17.1. The summed E-state index contributed by atoms with van der Waals surface area (Å²) in [5.74, 6) is 1.02. The lowest BCUT2D eigenvalue weighted by Gasteiger charge is -2.31. The third-order valence-electron chi connectivity index (χ3n) is 4.85. The van der Waals surface area contributed by atoms with Crippen LogP contribution in [0, 0.1) is 5.92 Å². The first-order valence-corrected chi connectivity index (χ1v) is 8.39. The van der Waals surface area contributed by atoms with E-state index in [0.29, 0.717) is 30.4 Å². The van der Waals surface area contributed by atoms with Gasteiger partial charge in [-0.2, -0.15) is 0 Å². The molecule has 7 heteroatoms. The van der Waals surface area contributed by atoms with Crippen LogP contribution < -0.4 is 25.4 Å². The zero-order valence-electron chi connectivity index (χ0n) is 13.8. The quantitative estimate of drug-likeness (QED) is 0.696. The third kappa shape index (κ3) is 3.62. The van der Waals surface area contributed by atoms with Gasteiger partial charge >= 0.3 is 0 Å². The standard InChI is InChI=1S/C17H23N3O4/c1-11(20-6-4-12(5-7-20)16(18)21)17(22)19-13-2-3-14-15(10-13)24-9-8-23-14/h2-3,10-12H,4-9H2,1H3,(H2,18,21)(H,19,22)/p+1/t11-/m1/s1. The van der Waals surface area contributed by atoms with E-state index in [4.69, 9.17) is 15.2 Å². The molecule has 1 aromatic carbocycles. The first-order valence-electron chi connectivity index (χ1n) is 8.39. The summed E-state index contributed by atoms with van der Waals surface area (Å²) < 4.78 is 11.0. The number of hydrogen-bond donors (Lipinski definition) is 3. The minimum atomic E-state index is -0.234. The molecule has 1 atom stereocenters. The van der Waals surface area contributed by atoms with Crippen LogP contribution in [0.3, 0.4) is 0 Å². The fourth-order valence-electron chi connectivity index (χ4n) is 3.26. The molecule has 0 spiro atoms. The molecule has 0 aliphatic carbocycles. The van der Waals surface area contributed by atoms with E-state index in [0.717, 1.165) is 25.9 Å². The van der Waals surface area contributed by atoms with Gasteiger partial charge in [-0.25, -0.2) is 0 Å². The molecule has 1 saturated heterocycles. The number of carbonyl (C=O) groups is 2. The Morgan fingerprint density at radius 3 is 2.54 bits per heavy atom. The van der Waals surface area contributed by atoms with Crippen molar-refractivity contribution in [3.63, 3.8) is 0 Å². The van der Waals surface area contributed by atoms with E-state index >= 15 is 0 Å². The summed E-state index contributed by atoms with van der Waals surface area (Å²) in [5, 5.41) is 2.94. The SMILES string of the molecule is C[C@H](C(=O)Nc1ccc2c(c1)OCCO2)[NH+]1CCC(C(N)=O)CC1. The second kappa shape index (κ2) is 7.09. The van der Waals surface area contributed by atoms with Crippen LogP contribution in [0.25, 0.3) is 0 Å². The summed E-state index contributed by atoms with van der Waals surface area (Å²) in [6.07, 6.45) is 1.48. The van der Waals surface area contributed by atoms with Gasteiger partial charge in [0.25, 0.3) is 5.91 Å². The molecule has 2 heterocycles. The van der Waals surface area contributed by atoms with Gasteiger partial charge in [0.2, 0.25) is 5.91 Å². The highest BCUT2D eigenvalue weighted by Gasteiger charge is 2.32. The number of amides is 2. The summed E-state index contributed by atoms with van der Waals surface area (Å²) >= 11 is 0. The number of fused-ring (bicyclic) bond motifs is 1. The average Bonchev–Trinajstić information content (AvgIpc) is 2.61. The summed E-state index contributed by atoms with van der Waals surface area (Å²) in [5.41, 5.74) is 6.05. The second-order valence-electron chi connectivity index (χ2n) is 6.40. The molecule has 0 unspecified atom stereocenters. The second-order valence-corrected chi connectivity index (χ2v) is 6.40. The maximum Gasteiger partial charge on any atom is 0.282 e. The molecule has 0 bridgehead atoms. The Morgan fingerprint density at radius 2 is 1.88 bits per heavy atom. The highest BCUT2D eigenvalue weighted by atomic mass is 16.6. The molecule has 7 nitrogen and oxygen atoms in total. The number of likely N-dealkylation sites (tertiary alicyclic amines) is 1. The molecule has 2 aliphatic heterocycles. The molecule has 24 heavy (non-hydrogen) atoms. The summed E-state index contributed by atoms with van der Waals surface area (Å²) in [6.45, 7) is 4.53. The Labute approximate surface area is 141 Å². The van der Waals surface area contributed by atoms with E-state index in [2.05, 4.69) is 5.32 Å². The van der Waals surface area contributed by atoms with Crippen molar-refractivity contribution >= 4 is 17.5 Å². The predicted octanol–water partition coefficient (Wildman–Crippen LogP) is -0.435. The molecule has 2 aliphatic rings. The monoisotopic (exact) mass is 334 g/mol. The number of hydrogen-bond acceptors (Lipinski definition) is 4. The van der Waals surface area contributed by atoms with Gasteiger partial charge in [0.15, 0.2) is 17.5 Å². The number of ether oxygens (including phenoxy) is 2. The molecular formula is C17H24N3O4+. The van der Waals surface area contributed by atoms with Crippen molar-refractivity contribution in [2.24, 2.45) is 11.7 Å². The number of piperidine rings is 1. The van der Waals surface area contributed by atoms with Crippen LogP contribution in [0.4, 0.5) is 5.69 Å². The van der Waals surface area contributed by atoms with E-state index in [-0.39, 0.29) is 23.8 Å². The molecule has 0 aromatic heterocycles. The van der Waals surface area contributed by atoms with Crippen molar-refractivity contribution in [1.29, 1.82) is 0 Å². The topological polar surface area (TPSA) is 95.1 Å². The molecule has 0 saturated carbocycles. The lowest BCUT2D eigenvalue weighted by Crippen LogP contribution is -3.17. The van der Waals surface area contributed by atoms with Crippen molar-refractivity contribution in [3.8, 4) is 11.5 Å². The number of primary amides is 1. The maximum atomic E-state index is 12.5. The summed E-state index contributed by atoms with van der Waals surface area (Å²) in [6, 6.07) is 5.22. The average molecular weight is 334 g/mol. The first-order chi connectivity index (χ1) is 11.5. The molecule has 0 radical (unpaired) electrons. The van der Waals surface area contributed by atoms with E-state index in [1.165, 1.54) is 4.90 Å². The Morgan fingerprint density at radius 1 is 1.21 bits per heavy atom. The number of quaternary nitrogens is 1. The van der Waals surface area contributed by atoms with E-state index in [9.17, 15) is 9.59 Å². The number of carbonyl (C=O) groups excluding carboxylic acids is 2. The Hall–Kier alpha value is -2.28. The molecule has 4 N–H and O–H groups in total. The first kappa shape index (κ1) is 16.6. The lowest BCUT2D eigenvalue weighted by atomic mass is 9.95. The van der Waals surface area contributed by atoms with Gasteiger partial charge in [0, 0.05) is 30.5 Å². The molecule has 1 aromatic rings. The van der Waals surface area contributed by atoms with E-state index in [1.807, 2.05) is 13.0 Å². The van der Waals surface area contributed by atoms with Crippen molar-refractivity contribution in [2.75, 3.05) is 31.6 Å². The third-order valence-corrected chi connectivity index (χ3v) is 4.85. The Bertz CT molecular complexity index is 626. The highest BCUT2D eigenvalue weighted by molar-refractivity contribution is 5.94. The highest BCUT2D eigenvalue weighted by Crippen LogP contribution is 2.32. The van der Waals surface area contributed by atoms with Gasteiger partial charge in [0.05, 0.1) is 13.1 Å². The van der Waals surface area contributed by atoms with Crippen LogP contribution in [-0.4, -0.2) is 44.2 Å². The van der Waals surface area contributed by atoms with Gasteiger partial charge in [-0.1, -0.05) is 0 Å². The van der Waals surface area contributed by atoms with Crippen LogP contribution in [0.5, 0.6) is 11.5 Å². The van der Waals surface area contributed by atoms with Crippen molar-refractivity contribution < 1.29 is 24.0 Å². The van der Waals surface area contributed by atoms with Gasteiger partial charge in [-0.15, -0.1) is 0 Å². The van der Waals surface area contributed by atoms with Gasteiger partial charge < -0.3 is 25.4 Å². The fourth-order valence-corrected chi connectivity index (χ4v) is 3.26. The molecule has 130 valence electrons. The predicted molar refractivity (Wildman–Crippen MR) is 88.1 cm³/mol. The summed E-state index contributed by atoms with van der Waals surface area (Å²) in [4.78, 5) is 24.9. The number of rotatable bonds is 4. The normalized spacial score (nSPS) is 24.0. The number of nitrogens with one attached hydrogen (secondary N) is 2. The number of benzene rings is 1. The minimum absolute atomic E-state index is 0.0424.